The van der Waals surface area contributed by atoms with Crippen LogP contribution in [0.25, 0.3) is 22.2 Å². The van der Waals surface area contributed by atoms with Gasteiger partial charge in [0.1, 0.15) is 30.2 Å². The molecule has 0 saturated heterocycles. The minimum absolute atomic E-state index is 0.245. The normalized spacial score (nSPS) is 13.0. The second kappa shape index (κ2) is 9.46. The number of anilines is 1. The van der Waals surface area contributed by atoms with Gasteiger partial charge in [-0.1, -0.05) is 11.6 Å². The van der Waals surface area contributed by atoms with Crippen molar-refractivity contribution in [2.45, 2.75) is 31.7 Å². The third kappa shape index (κ3) is 4.03. The van der Waals surface area contributed by atoms with E-state index in [-0.39, 0.29) is 16.6 Å². The van der Waals surface area contributed by atoms with E-state index < -0.39 is 11.2 Å². The Morgan fingerprint density at radius 2 is 2.09 bits per heavy atom. The topological polar surface area (TPSA) is 139 Å². The summed E-state index contributed by atoms with van der Waals surface area (Å²) in [5, 5.41) is 15.5. The predicted octanol–water partition coefficient (Wildman–Crippen LogP) is 4.05. The Morgan fingerprint density at radius 3 is 2.76 bits per heavy atom. The number of nitriles is 1. The standard InChI is InChI=1S/C23H22ClN7O2S/c1-5-33-21-16(13(3)31-23-19(12(2)30-31)22(26)28-11-29-23)7-18(24)17(8-25)20(21)14-6-15(34(4)32)10-27-9-14/h6-7,9-11,13H,5H2,1-4H3,(H2,26,28,29). The molecule has 2 unspecified atom stereocenters. The summed E-state index contributed by atoms with van der Waals surface area (Å²) in [5.74, 6) is 0.820. The van der Waals surface area contributed by atoms with Crippen LogP contribution in [0.4, 0.5) is 5.82 Å². The molecule has 4 rings (SSSR count). The highest BCUT2D eigenvalue weighted by molar-refractivity contribution is 7.90. The van der Waals surface area contributed by atoms with Crippen molar-refractivity contribution in [3.05, 3.63) is 52.7 Å². The summed E-state index contributed by atoms with van der Waals surface area (Å²) in [7, 11) is 0. The zero-order valence-electron chi connectivity index (χ0n) is 19.0. The molecule has 3 heterocycles. The van der Waals surface area contributed by atoms with Crippen LogP contribution in [0.3, 0.4) is 0 Å². The van der Waals surface area contributed by atoms with Gasteiger partial charge < -0.3 is 15.0 Å². The van der Waals surface area contributed by atoms with Gasteiger partial charge in [0.2, 0.25) is 0 Å². The van der Waals surface area contributed by atoms with Crippen LogP contribution in [0.15, 0.2) is 35.7 Å². The summed E-state index contributed by atoms with van der Waals surface area (Å²) < 4.78 is 19.9. The van der Waals surface area contributed by atoms with E-state index in [2.05, 4.69) is 26.1 Å². The van der Waals surface area contributed by atoms with Crippen molar-refractivity contribution in [2.24, 2.45) is 0 Å². The van der Waals surface area contributed by atoms with E-state index in [0.717, 1.165) is 0 Å². The molecule has 2 N–H and O–H groups in total. The number of aryl methyl sites for hydroxylation is 1. The van der Waals surface area contributed by atoms with Crippen molar-refractivity contribution in [3.8, 4) is 22.9 Å². The largest absolute Gasteiger partial charge is 0.612 e. The monoisotopic (exact) mass is 495 g/mol. The molecule has 0 radical (unpaired) electrons. The molecule has 11 heteroatoms. The number of rotatable bonds is 6. The Balaban J connectivity index is 2.01. The summed E-state index contributed by atoms with van der Waals surface area (Å²) in [6.45, 7) is 5.98. The number of hydrogen-bond donors (Lipinski definition) is 1. The lowest BCUT2D eigenvalue weighted by Crippen LogP contribution is -2.13. The highest BCUT2D eigenvalue weighted by Gasteiger charge is 2.27. The van der Waals surface area contributed by atoms with Crippen LogP contribution < -0.4 is 10.5 Å². The zero-order valence-corrected chi connectivity index (χ0v) is 20.6. The van der Waals surface area contributed by atoms with Crippen LogP contribution in [0.5, 0.6) is 5.75 Å². The molecular weight excluding hydrogens is 474 g/mol. The van der Waals surface area contributed by atoms with Crippen molar-refractivity contribution >= 4 is 39.6 Å². The Bertz CT molecular complexity index is 1430. The minimum atomic E-state index is -1.26. The number of pyridine rings is 1. The number of nitrogens with zero attached hydrogens (tertiary/aromatic N) is 6. The highest BCUT2D eigenvalue weighted by atomic mass is 35.5. The smallest absolute Gasteiger partial charge is 0.171 e. The van der Waals surface area contributed by atoms with Crippen molar-refractivity contribution in [2.75, 3.05) is 18.6 Å². The van der Waals surface area contributed by atoms with Crippen molar-refractivity contribution < 1.29 is 9.29 Å². The number of hydrogen-bond acceptors (Lipinski definition) is 8. The molecule has 9 nitrogen and oxygen atoms in total. The molecule has 0 aliphatic heterocycles. The second-order valence-corrected chi connectivity index (χ2v) is 9.39. The van der Waals surface area contributed by atoms with Gasteiger partial charge in [0.25, 0.3) is 0 Å². The third-order valence-electron chi connectivity index (χ3n) is 5.50. The Labute approximate surface area is 204 Å². The lowest BCUT2D eigenvalue weighted by Gasteiger charge is -2.22. The average Bonchev–Trinajstić information content (AvgIpc) is 3.17. The van der Waals surface area contributed by atoms with E-state index in [9.17, 15) is 9.81 Å². The van der Waals surface area contributed by atoms with Crippen molar-refractivity contribution in [1.82, 2.24) is 24.7 Å². The molecule has 0 saturated carbocycles. The first-order valence-electron chi connectivity index (χ1n) is 10.4. The number of fused-ring (bicyclic) bond motifs is 1. The molecule has 0 aliphatic rings. The van der Waals surface area contributed by atoms with Gasteiger partial charge >= 0.3 is 0 Å². The number of nitrogen functional groups attached to an aromatic ring is 1. The van der Waals surface area contributed by atoms with Gasteiger partial charge in [0.15, 0.2) is 10.5 Å². The van der Waals surface area contributed by atoms with Crippen LogP contribution in [0, 0.1) is 18.3 Å². The van der Waals surface area contributed by atoms with Gasteiger partial charge in [0.05, 0.1) is 40.5 Å². The van der Waals surface area contributed by atoms with Gasteiger partial charge in [-0.3, -0.25) is 4.98 Å². The molecule has 0 fully saturated rings. The molecule has 2 atom stereocenters. The first-order chi connectivity index (χ1) is 16.3. The average molecular weight is 496 g/mol. The Morgan fingerprint density at radius 1 is 1.32 bits per heavy atom. The van der Waals surface area contributed by atoms with E-state index in [0.29, 0.717) is 56.5 Å². The maximum atomic E-state index is 12.1. The number of ether oxygens (including phenoxy) is 1. The number of halogens is 1. The third-order valence-corrected chi connectivity index (χ3v) is 6.69. The van der Waals surface area contributed by atoms with E-state index >= 15 is 0 Å². The lowest BCUT2D eigenvalue weighted by molar-refractivity contribution is 0.333. The van der Waals surface area contributed by atoms with Crippen LogP contribution in [-0.4, -0.2) is 42.1 Å². The quantitative estimate of drug-likeness (QED) is 0.395. The van der Waals surface area contributed by atoms with Crippen molar-refractivity contribution in [3.63, 3.8) is 0 Å². The maximum Gasteiger partial charge on any atom is 0.171 e. The molecular formula is C23H22ClN7O2S. The lowest BCUT2D eigenvalue weighted by atomic mass is 9.94. The summed E-state index contributed by atoms with van der Waals surface area (Å²) in [4.78, 5) is 13.2. The minimum Gasteiger partial charge on any atom is -0.612 e. The van der Waals surface area contributed by atoms with Gasteiger partial charge in [-0.2, -0.15) is 10.4 Å². The van der Waals surface area contributed by atoms with Crippen LogP contribution in [0.2, 0.25) is 5.02 Å². The van der Waals surface area contributed by atoms with E-state index in [1.165, 1.54) is 12.5 Å². The number of nitrogens with two attached hydrogens (primary N) is 1. The predicted molar refractivity (Wildman–Crippen MR) is 131 cm³/mol. The van der Waals surface area contributed by atoms with E-state index in [1.807, 2.05) is 20.8 Å². The summed E-state index contributed by atoms with van der Waals surface area (Å²) in [5.41, 5.74) is 9.35. The Kier molecular flexibility index (Phi) is 6.61. The first kappa shape index (κ1) is 23.8. The fourth-order valence-electron chi connectivity index (χ4n) is 3.93. The van der Waals surface area contributed by atoms with Crippen LogP contribution >= 0.6 is 11.6 Å². The zero-order chi connectivity index (χ0) is 24.6. The molecule has 4 aromatic rings. The number of benzene rings is 1. The second-order valence-electron chi connectivity index (χ2n) is 7.60. The molecule has 0 aliphatic carbocycles. The molecule has 174 valence electrons. The maximum absolute atomic E-state index is 12.1. The van der Waals surface area contributed by atoms with Gasteiger partial charge in [-0.25, -0.2) is 14.6 Å². The molecule has 1 aromatic carbocycles. The highest BCUT2D eigenvalue weighted by Crippen LogP contribution is 2.44. The van der Waals surface area contributed by atoms with Crippen LogP contribution in [0.1, 0.15) is 36.7 Å². The van der Waals surface area contributed by atoms with E-state index in [4.69, 9.17) is 22.1 Å². The summed E-state index contributed by atoms with van der Waals surface area (Å²) in [6, 6.07) is 5.24. The summed E-state index contributed by atoms with van der Waals surface area (Å²) in [6.07, 6.45) is 6.09. The SMILES string of the molecule is CCOc1c(C(C)n2nc(C)c3c(N)ncnc32)cc(Cl)c(C#N)c1-c1cncc([S+](C)[O-])c1. The summed E-state index contributed by atoms with van der Waals surface area (Å²) >= 11 is 5.35. The van der Waals surface area contributed by atoms with Crippen molar-refractivity contribution in [1.29, 1.82) is 5.26 Å². The van der Waals surface area contributed by atoms with Gasteiger partial charge in [-0.05, 0) is 38.0 Å². The first-order valence-corrected chi connectivity index (χ1v) is 12.3. The molecule has 3 aromatic heterocycles. The Hall–Kier alpha value is -3.39. The fourth-order valence-corrected chi connectivity index (χ4v) is 4.69. The molecule has 34 heavy (non-hydrogen) atoms. The molecule has 0 bridgehead atoms. The number of aromatic nitrogens is 5. The molecule has 0 amide bonds. The van der Waals surface area contributed by atoms with Gasteiger partial charge in [0, 0.05) is 29.0 Å². The van der Waals surface area contributed by atoms with Crippen LogP contribution in [-0.2, 0) is 11.2 Å². The molecule has 0 spiro atoms. The van der Waals surface area contributed by atoms with Gasteiger partial charge in [-0.15, -0.1) is 0 Å². The van der Waals surface area contributed by atoms with E-state index in [1.54, 1.807) is 29.3 Å². The fraction of sp³-hybridized carbons (Fsp3) is 0.261.